The molecule has 1 N–H and O–H groups in total. The van der Waals surface area contributed by atoms with Gasteiger partial charge >= 0.3 is 6.61 Å². The average Bonchev–Trinajstić information content (AvgIpc) is 2.36. The first-order chi connectivity index (χ1) is 9.94. The average molecular weight is 356 g/mol. The van der Waals surface area contributed by atoms with Gasteiger partial charge in [0.15, 0.2) is 0 Å². The minimum atomic E-state index is -2.92. The lowest BCUT2D eigenvalue weighted by Gasteiger charge is -2.09. The van der Waals surface area contributed by atoms with Gasteiger partial charge in [0.2, 0.25) is 0 Å². The number of hydrogen-bond donors (Lipinski definition) is 1. The molecule has 0 aliphatic heterocycles. The first-order valence-electron chi connectivity index (χ1n) is 6.07. The van der Waals surface area contributed by atoms with Gasteiger partial charge in [-0.1, -0.05) is 22.0 Å². The van der Waals surface area contributed by atoms with E-state index in [0.29, 0.717) is 5.69 Å². The lowest BCUT2D eigenvalue weighted by Crippen LogP contribution is -2.12. The normalized spacial score (nSPS) is 10.5. The van der Waals surface area contributed by atoms with Gasteiger partial charge in [0, 0.05) is 15.7 Å². The van der Waals surface area contributed by atoms with Gasteiger partial charge in [0.05, 0.1) is 0 Å². The zero-order valence-electron chi connectivity index (χ0n) is 11.1. The second-order valence-corrected chi connectivity index (χ2v) is 5.29. The van der Waals surface area contributed by atoms with Crippen molar-refractivity contribution in [2.24, 2.45) is 0 Å². The molecule has 2 aromatic rings. The topological polar surface area (TPSA) is 38.3 Å². The monoisotopic (exact) mass is 355 g/mol. The van der Waals surface area contributed by atoms with Gasteiger partial charge in [-0.2, -0.15) is 8.78 Å². The second-order valence-electron chi connectivity index (χ2n) is 4.38. The Labute approximate surface area is 129 Å². The van der Waals surface area contributed by atoms with Gasteiger partial charge < -0.3 is 10.1 Å². The summed E-state index contributed by atoms with van der Waals surface area (Å²) in [6.45, 7) is -1.02. The standard InChI is InChI=1S/C15H12BrF2NO2/c1-9-5-11(16)8-12(6-9)19-14(20)10-3-2-4-13(7-10)21-15(17)18/h2-8,15H,1H3,(H,19,20). The highest BCUT2D eigenvalue weighted by atomic mass is 79.9. The van der Waals surface area contributed by atoms with Crippen LogP contribution in [0.1, 0.15) is 15.9 Å². The van der Waals surface area contributed by atoms with E-state index in [1.165, 1.54) is 24.3 Å². The summed E-state index contributed by atoms with van der Waals surface area (Å²) in [7, 11) is 0. The van der Waals surface area contributed by atoms with Gasteiger partial charge in [-0.15, -0.1) is 0 Å². The number of rotatable bonds is 4. The van der Waals surface area contributed by atoms with E-state index in [-0.39, 0.29) is 11.3 Å². The number of benzene rings is 2. The fourth-order valence-electron chi connectivity index (χ4n) is 1.83. The number of ether oxygens (including phenoxy) is 1. The van der Waals surface area contributed by atoms with Crippen LogP contribution in [-0.4, -0.2) is 12.5 Å². The number of carbonyl (C=O) groups excluding carboxylic acids is 1. The minimum absolute atomic E-state index is 0.0527. The number of nitrogens with one attached hydrogen (secondary N) is 1. The summed E-state index contributed by atoms with van der Waals surface area (Å²) in [5.41, 5.74) is 1.84. The molecule has 2 rings (SSSR count). The molecule has 21 heavy (non-hydrogen) atoms. The molecule has 0 fully saturated rings. The fraction of sp³-hybridized carbons (Fsp3) is 0.133. The van der Waals surface area contributed by atoms with Crippen LogP contribution in [-0.2, 0) is 0 Å². The second kappa shape index (κ2) is 6.67. The summed E-state index contributed by atoms with van der Waals surface area (Å²) in [5, 5.41) is 2.71. The maximum Gasteiger partial charge on any atom is 0.387 e. The lowest BCUT2D eigenvalue weighted by atomic mass is 10.2. The van der Waals surface area contributed by atoms with Crippen molar-refractivity contribution in [1.82, 2.24) is 0 Å². The van der Waals surface area contributed by atoms with Crippen LogP contribution in [0.4, 0.5) is 14.5 Å². The maximum atomic E-state index is 12.2. The molecule has 0 unspecified atom stereocenters. The molecule has 1 amide bonds. The lowest BCUT2D eigenvalue weighted by molar-refractivity contribution is -0.0498. The van der Waals surface area contributed by atoms with Crippen molar-refractivity contribution < 1.29 is 18.3 Å². The van der Waals surface area contributed by atoms with E-state index in [1.54, 1.807) is 6.07 Å². The molecule has 0 heterocycles. The Morgan fingerprint density at radius 2 is 2.00 bits per heavy atom. The van der Waals surface area contributed by atoms with E-state index < -0.39 is 12.5 Å². The largest absolute Gasteiger partial charge is 0.435 e. The smallest absolute Gasteiger partial charge is 0.387 e. The summed E-state index contributed by atoms with van der Waals surface area (Å²) < 4.78 is 29.4. The molecule has 0 spiro atoms. The van der Waals surface area contributed by atoms with Crippen LogP contribution >= 0.6 is 15.9 Å². The third kappa shape index (κ3) is 4.53. The zero-order valence-corrected chi connectivity index (χ0v) is 12.7. The first kappa shape index (κ1) is 15.4. The van der Waals surface area contributed by atoms with E-state index >= 15 is 0 Å². The summed E-state index contributed by atoms with van der Waals surface area (Å²) in [6, 6.07) is 11.1. The van der Waals surface area contributed by atoms with Crippen LogP contribution in [0.25, 0.3) is 0 Å². The molecule has 0 aliphatic carbocycles. The molecule has 0 bridgehead atoms. The first-order valence-corrected chi connectivity index (χ1v) is 6.87. The molecule has 110 valence electrons. The molecule has 3 nitrogen and oxygen atoms in total. The summed E-state index contributed by atoms with van der Waals surface area (Å²) in [5.74, 6) is -0.449. The quantitative estimate of drug-likeness (QED) is 0.869. The van der Waals surface area contributed by atoms with Crippen molar-refractivity contribution >= 4 is 27.5 Å². The summed E-state index contributed by atoms with van der Waals surface area (Å²) >= 11 is 3.34. The van der Waals surface area contributed by atoms with E-state index in [1.807, 2.05) is 19.1 Å². The van der Waals surface area contributed by atoms with E-state index in [4.69, 9.17) is 0 Å². The third-order valence-electron chi connectivity index (χ3n) is 2.62. The Balaban J connectivity index is 2.16. The van der Waals surface area contributed by atoms with Crippen LogP contribution in [0, 0.1) is 6.92 Å². The Bertz CT molecular complexity index is 642. The highest BCUT2D eigenvalue weighted by Gasteiger charge is 2.10. The predicted octanol–water partition coefficient (Wildman–Crippen LogP) is 4.61. The molecule has 0 aromatic heterocycles. The molecule has 0 radical (unpaired) electrons. The number of halogens is 3. The number of alkyl halides is 2. The van der Waals surface area contributed by atoms with Gasteiger partial charge in [-0.05, 0) is 48.9 Å². The highest BCUT2D eigenvalue weighted by Crippen LogP contribution is 2.21. The van der Waals surface area contributed by atoms with Crippen LogP contribution in [0.15, 0.2) is 46.9 Å². The molecule has 0 aliphatic rings. The number of anilines is 1. The van der Waals surface area contributed by atoms with Gasteiger partial charge in [0.25, 0.3) is 5.91 Å². The Morgan fingerprint density at radius 1 is 1.24 bits per heavy atom. The Hall–Kier alpha value is -1.95. The van der Waals surface area contributed by atoms with Gasteiger partial charge in [-0.3, -0.25) is 4.79 Å². The van der Waals surface area contributed by atoms with Crippen molar-refractivity contribution in [2.45, 2.75) is 13.5 Å². The van der Waals surface area contributed by atoms with Gasteiger partial charge in [0.1, 0.15) is 5.75 Å². The number of amides is 1. The molecule has 0 saturated heterocycles. The van der Waals surface area contributed by atoms with Crippen molar-refractivity contribution in [2.75, 3.05) is 5.32 Å². The Kier molecular flexibility index (Phi) is 4.90. The molecule has 6 heteroatoms. The number of aryl methyl sites for hydroxylation is 1. The van der Waals surface area contributed by atoms with E-state index in [0.717, 1.165) is 10.0 Å². The van der Waals surface area contributed by atoms with Gasteiger partial charge in [-0.25, -0.2) is 0 Å². The minimum Gasteiger partial charge on any atom is -0.435 e. The van der Waals surface area contributed by atoms with Crippen molar-refractivity contribution in [3.8, 4) is 5.75 Å². The predicted molar refractivity (Wildman–Crippen MR) is 79.9 cm³/mol. The number of hydrogen-bond acceptors (Lipinski definition) is 2. The van der Waals surface area contributed by atoms with Crippen molar-refractivity contribution in [3.05, 3.63) is 58.1 Å². The summed E-state index contributed by atoms with van der Waals surface area (Å²) in [4.78, 5) is 12.1. The summed E-state index contributed by atoms with van der Waals surface area (Å²) in [6.07, 6.45) is 0. The molecular weight excluding hydrogens is 344 g/mol. The van der Waals surface area contributed by atoms with Crippen molar-refractivity contribution in [3.63, 3.8) is 0 Å². The van der Waals surface area contributed by atoms with Crippen LogP contribution in [0.3, 0.4) is 0 Å². The van der Waals surface area contributed by atoms with Crippen molar-refractivity contribution in [1.29, 1.82) is 0 Å². The van der Waals surface area contributed by atoms with E-state index in [2.05, 4.69) is 26.0 Å². The van der Waals surface area contributed by atoms with Crippen LogP contribution in [0.2, 0.25) is 0 Å². The van der Waals surface area contributed by atoms with E-state index in [9.17, 15) is 13.6 Å². The van der Waals surface area contributed by atoms with Crippen LogP contribution < -0.4 is 10.1 Å². The maximum absolute atomic E-state index is 12.2. The Morgan fingerprint density at radius 3 is 2.67 bits per heavy atom. The molecule has 0 atom stereocenters. The molecule has 2 aromatic carbocycles. The highest BCUT2D eigenvalue weighted by molar-refractivity contribution is 9.10. The fourth-order valence-corrected chi connectivity index (χ4v) is 2.43. The third-order valence-corrected chi connectivity index (χ3v) is 3.08. The van der Waals surface area contributed by atoms with Crippen LogP contribution in [0.5, 0.6) is 5.75 Å². The molecule has 0 saturated carbocycles. The molecular formula is C15H12BrF2NO2. The zero-order chi connectivity index (χ0) is 15.4. The number of carbonyl (C=O) groups is 1. The SMILES string of the molecule is Cc1cc(Br)cc(NC(=O)c2cccc(OC(F)F)c2)c1.